The van der Waals surface area contributed by atoms with E-state index in [-0.39, 0.29) is 24.2 Å². The van der Waals surface area contributed by atoms with E-state index in [0.29, 0.717) is 17.7 Å². The summed E-state index contributed by atoms with van der Waals surface area (Å²) in [6, 6.07) is 8.20. The minimum Gasteiger partial charge on any atom is -0.494 e. The third kappa shape index (κ3) is 4.02. The molecule has 0 aromatic heterocycles. The number of benzene rings is 2. The predicted molar refractivity (Wildman–Crippen MR) is 100 cm³/mol. The molecular formula is C20H22N2O5. The van der Waals surface area contributed by atoms with Gasteiger partial charge in [0.2, 0.25) is 0 Å². The molecule has 142 valence electrons. The van der Waals surface area contributed by atoms with Gasteiger partial charge in [-0.05, 0) is 45.0 Å². The number of nitrogens with one attached hydrogen (secondary N) is 1. The smallest absolute Gasteiger partial charge is 0.272 e. The van der Waals surface area contributed by atoms with Gasteiger partial charge in [-0.3, -0.25) is 14.9 Å². The van der Waals surface area contributed by atoms with Crippen LogP contribution in [0.4, 0.5) is 5.69 Å². The molecule has 0 bridgehead atoms. The molecule has 7 nitrogen and oxygen atoms in total. The molecule has 1 atom stereocenters. The zero-order valence-electron chi connectivity index (χ0n) is 15.6. The Bertz CT molecular complexity index is 894. The summed E-state index contributed by atoms with van der Waals surface area (Å²) in [6.45, 7) is 6.33. The van der Waals surface area contributed by atoms with Gasteiger partial charge in [0, 0.05) is 41.3 Å². The maximum absolute atomic E-state index is 12.5. The highest BCUT2D eigenvalue weighted by atomic mass is 16.6. The fraction of sp³-hybridized carbons (Fsp3) is 0.350. The van der Waals surface area contributed by atoms with E-state index < -0.39 is 4.92 Å². The lowest BCUT2D eigenvalue weighted by Gasteiger charge is -2.13. The van der Waals surface area contributed by atoms with Crippen LogP contribution in [0.5, 0.6) is 11.5 Å². The van der Waals surface area contributed by atoms with Crippen LogP contribution < -0.4 is 14.8 Å². The number of fused-ring (bicyclic) bond motifs is 1. The second kappa shape index (κ2) is 7.65. The number of nitro benzene ring substituents is 1. The van der Waals surface area contributed by atoms with E-state index in [1.54, 1.807) is 6.92 Å². The van der Waals surface area contributed by atoms with E-state index in [0.717, 1.165) is 29.0 Å². The van der Waals surface area contributed by atoms with Gasteiger partial charge in [-0.1, -0.05) is 0 Å². The van der Waals surface area contributed by atoms with Crippen LogP contribution in [0.25, 0.3) is 0 Å². The summed E-state index contributed by atoms with van der Waals surface area (Å²) in [5.41, 5.74) is 2.75. The number of rotatable bonds is 6. The van der Waals surface area contributed by atoms with Crippen LogP contribution in [-0.4, -0.2) is 23.5 Å². The quantitative estimate of drug-likeness (QED) is 0.620. The highest BCUT2D eigenvalue weighted by Gasteiger charge is 2.22. The number of hydrogen-bond acceptors (Lipinski definition) is 5. The van der Waals surface area contributed by atoms with Crippen LogP contribution in [-0.2, 0) is 13.0 Å². The summed E-state index contributed by atoms with van der Waals surface area (Å²) in [7, 11) is 0. The Labute approximate surface area is 157 Å². The summed E-state index contributed by atoms with van der Waals surface area (Å²) >= 11 is 0. The Morgan fingerprint density at radius 2 is 2.15 bits per heavy atom. The summed E-state index contributed by atoms with van der Waals surface area (Å²) in [4.78, 5) is 22.9. The van der Waals surface area contributed by atoms with E-state index in [2.05, 4.69) is 5.32 Å². The molecule has 0 saturated carbocycles. The monoisotopic (exact) mass is 370 g/mol. The Kier molecular flexibility index (Phi) is 5.30. The third-order valence-corrected chi connectivity index (χ3v) is 4.47. The van der Waals surface area contributed by atoms with Crippen molar-refractivity contribution in [2.24, 2.45) is 0 Å². The average molecular weight is 370 g/mol. The molecule has 1 aliphatic heterocycles. The summed E-state index contributed by atoms with van der Waals surface area (Å²) < 4.78 is 11.5. The number of ether oxygens (including phenoxy) is 2. The van der Waals surface area contributed by atoms with Crippen molar-refractivity contribution in [3.8, 4) is 11.5 Å². The molecule has 2 aromatic rings. The molecule has 0 radical (unpaired) electrons. The topological polar surface area (TPSA) is 90.7 Å². The molecule has 0 saturated heterocycles. The maximum atomic E-state index is 12.5. The van der Waals surface area contributed by atoms with Gasteiger partial charge in [-0.2, -0.15) is 0 Å². The standard InChI is InChI=1S/C20H22N2O5/c1-4-26-18-9-15-8-13(3)27-19(15)10-16(18)11-21-20(23)14-5-6-17(22(24)25)12(2)7-14/h5-7,9-10,13H,4,8,11H2,1-3H3,(H,21,23). The van der Waals surface area contributed by atoms with Crippen LogP contribution in [0, 0.1) is 17.0 Å². The first-order valence-corrected chi connectivity index (χ1v) is 8.87. The van der Waals surface area contributed by atoms with Gasteiger partial charge in [0.1, 0.15) is 17.6 Å². The fourth-order valence-electron chi connectivity index (χ4n) is 3.19. The number of amides is 1. The molecule has 0 spiro atoms. The van der Waals surface area contributed by atoms with Gasteiger partial charge in [0.15, 0.2) is 0 Å². The average Bonchev–Trinajstić information content (AvgIpc) is 2.98. The highest BCUT2D eigenvalue weighted by Crippen LogP contribution is 2.35. The van der Waals surface area contributed by atoms with Crippen molar-refractivity contribution in [1.29, 1.82) is 0 Å². The first-order valence-electron chi connectivity index (χ1n) is 8.87. The predicted octanol–water partition coefficient (Wildman–Crippen LogP) is 3.56. The number of hydrogen-bond donors (Lipinski definition) is 1. The zero-order chi connectivity index (χ0) is 19.6. The number of carbonyl (C=O) groups excluding carboxylic acids is 1. The number of aryl methyl sites for hydroxylation is 1. The lowest BCUT2D eigenvalue weighted by atomic mass is 10.1. The van der Waals surface area contributed by atoms with Crippen LogP contribution in [0.2, 0.25) is 0 Å². The minimum absolute atomic E-state index is 0.00456. The largest absolute Gasteiger partial charge is 0.494 e. The fourth-order valence-corrected chi connectivity index (χ4v) is 3.19. The number of nitro groups is 1. The molecule has 2 aromatic carbocycles. The first-order chi connectivity index (χ1) is 12.9. The van der Waals surface area contributed by atoms with E-state index in [1.807, 2.05) is 26.0 Å². The summed E-state index contributed by atoms with van der Waals surface area (Å²) in [5.74, 6) is 1.25. The van der Waals surface area contributed by atoms with E-state index in [1.165, 1.54) is 18.2 Å². The second-order valence-electron chi connectivity index (χ2n) is 6.57. The molecule has 1 N–H and O–H groups in total. The maximum Gasteiger partial charge on any atom is 0.272 e. The molecule has 0 aliphatic carbocycles. The first kappa shape index (κ1) is 18.7. The van der Waals surface area contributed by atoms with Crippen molar-refractivity contribution in [1.82, 2.24) is 5.32 Å². The van der Waals surface area contributed by atoms with Crippen LogP contribution >= 0.6 is 0 Å². The zero-order valence-corrected chi connectivity index (χ0v) is 15.6. The number of carbonyl (C=O) groups is 1. The SMILES string of the molecule is CCOc1cc2c(cc1CNC(=O)c1ccc([N+](=O)[O-])c(C)c1)OC(C)C2. The number of nitrogens with zero attached hydrogens (tertiary/aromatic N) is 1. The van der Waals surface area contributed by atoms with Gasteiger partial charge in [0.25, 0.3) is 11.6 Å². The Morgan fingerprint density at radius 3 is 2.81 bits per heavy atom. The molecule has 1 amide bonds. The molecule has 27 heavy (non-hydrogen) atoms. The highest BCUT2D eigenvalue weighted by molar-refractivity contribution is 5.94. The normalized spacial score (nSPS) is 15.0. The molecular weight excluding hydrogens is 348 g/mol. The molecule has 1 aliphatic rings. The Morgan fingerprint density at radius 1 is 1.37 bits per heavy atom. The Hall–Kier alpha value is -3.09. The van der Waals surface area contributed by atoms with Gasteiger partial charge in [-0.15, -0.1) is 0 Å². The molecule has 0 fully saturated rings. The van der Waals surface area contributed by atoms with Crippen molar-refractivity contribution >= 4 is 11.6 Å². The molecule has 3 rings (SSSR count). The van der Waals surface area contributed by atoms with Crippen LogP contribution in [0.15, 0.2) is 30.3 Å². The van der Waals surface area contributed by atoms with Crippen molar-refractivity contribution < 1.29 is 19.2 Å². The van der Waals surface area contributed by atoms with Crippen molar-refractivity contribution in [2.45, 2.75) is 39.8 Å². The molecule has 7 heteroatoms. The van der Waals surface area contributed by atoms with E-state index in [4.69, 9.17) is 9.47 Å². The van der Waals surface area contributed by atoms with Gasteiger partial charge < -0.3 is 14.8 Å². The lowest BCUT2D eigenvalue weighted by molar-refractivity contribution is -0.385. The van der Waals surface area contributed by atoms with Crippen molar-refractivity contribution in [3.63, 3.8) is 0 Å². The van der Waals surface area contributed by atoms with Gasteiger partial charge in [-0.25, -0.2) is 0 Å². The van der Waals surface area contributed by atoms with Crippen LogP contribution in [0.1, 0.15) is 40.9 Å². The Balaban J connectivity index is 1.76. The van der Waals surface area contributed by atoms with E-state index >= 15 is 0 Å². The molecule has 1 unspecified atom stereocenters. The van der Waals surface area contributed by atoms with Gasteiger partial charge in [0.05, 0.1) is 11.5 Å². The molecule has 1 heterocycles. The summed E-state index contributed by atoms with van der Waals surface area (Å²) in [5, 5.41) is 13.8. The second-order valence-corrected chi connectivity index (χ2v) is 6.57. The van der Waals surface area contributed by atoms with E-state index in [9.17, 15) is 14.9 Å². The van der Waals surface area contributed by atoms with Crippen LogP contribution in [0.3, 0.4) is 0 Å². The van der Waals surface area contributed by atoms with Gasteiger partial charge >= 0.3 is 0 Å². The lowest BCUT2D eigenvalue weighted by Crippen LogP contribution is -2.23. The third-order valence-electron chi connectivity index (χ3n) is 4.47. The van der Waals surface area contributed by atoms with Crippen molar-refractivity contribution in [2.75, 3.05) is 6.61 Å². The minimum atomic E-state index is -0.461. The van der Waals surface area contributed by atoms with Crippen molar-refractivity contribution in [3.05, 3.63) is 62.7 Å². The summed E-state index contributed by atoms with van der Waals surface area (Å²) in [6.07, 6.45) is 0.965.